The van der Waals surface area contributed by atoms with Gasteiger partial charge in [-0.3, -0.25) is 4.68 Å². The molecule has 1 aliphatic rings. The molecule has 3 nitrogen and oxygen atoms in total. The summed E-state index contributed by atoms with van der Waals surface area (Å²) < 4.78 is 1.88. The highest BCUT2D eigenvalue weighted by Crippen LogP contribution is 2.18. The standard InChI is InChI=1S/C13H23N3/c1-11(8-14-13-4-3-5-13)6-7-12-9-15-16(2)10-12/h9-11,13-14H,3-8H2,1-2H3. The van der Waals surface area contributed by atoms with Crippen LogP contribution >= 0.6 is 0 Å². The van der Waals surface area contributed by atoms with Gasteiger partial charge in [-0.25, -0.2) is 0 Å². The Balaban J connectivity index is 1.61. The van der Waals surface area contributed by atoms with E-state index in [9.17, 15) is 0 Å². The average molecular weight is 221 g/mol. The highest BCUT2D eigenvalue weighted by molar-refractivity contribution is 5.03. The van der Waals surface area contributed by atoms with Gasteiger partial charge in [0.25, 0.3) is 0 Å². The molecule has 1 unspecified atom stereocenters. The number of hydrogen-bond acceptors (Lipinski definition) is 2. The molecule has 0 amide bonds. The number of hydrogen-bond donors (Lipinski definition) is 1. The van der Waals surface area contributed by atoms with Crippen molar-refractivity contribution >= 4 is 0 Å². The van der Waals surface area contributed by atoms with Gasteiger partial charge in [0.2, 0.25) is 0 Å². The van der Waals surface area contributed by atoms with Crippen LogP contribution < -0.4 is 5.32 Å². The Morgan fingerprint density at radius 2 is 2.38 bits per heavy atom. The van der Waals surface area contributed by atoms with Gasteiger partial charge in [-0.15, -0.1) is 0 Å². The van der Waals surface area contributed by atoms with Crippen LogP contribution in [0, 0.1) is 5.92 Å². The summed E-state index contributed by atoms with van der Waals surface area (Å²) in [5.41, 5.74) is 1.36. The molecule has 1 aliphatic carbocycles. The van der Waals surface area contributed by atoms with E-state index in [0.29, 0.717) is 0 Å². The maximum atomic E-state index is 4.19. The number of aromatic nitrogens is 2. The van der Waals surface area contributed by atoms with E-state index in [4.69, 9.17) is 0 Å². The van der Waals surface area contributed by atoms with E-state index in [1.54, 1.807) is 0 Å². The zero-order valence-corrected chi connectivity index (χ0v) is 10.4. The monoisotopic (exact) mass is 221 g/mol. The summed E-state index contributed by atoms with van der Waals surface area (Å²) in [6, 6.07) is 0.820. The largest absolute Gasteiger partial charge is 0.314 e. The van der Waals surface area contributed by atoms with E-state index in [1.165, 1.54) is 37.8 Å². The van der Waals surface area contributed by atoms with E-state index in [1.807, 2.05) is 17.9 Å². The van der Waals surface area contributed by atoms with Crippen molar-refractivity contribution in [2.75, 3.05) is 6.54 Å². The van der Waals surface area contributed by atoms with Gasteiger partial charge in [0.1, 0.15) is 0 Å². The second kappa shape index (κ2) is 5.48. The third kappa shape index (κ3) is 3.34. The first-order chi connectivity index (χ1) is 7.74. The van der Waals surface area contributed by atoms with Crippen molar-refractivity contribution in [3.05, 3.63) is 18.0 Å². The minimum absolute atomic E-state index is 0.765. The summed E-state index contributed by atoms with van der Waals surface area (Å²) in [4.78, 5) is 0. The minimum atomic E-state index is 0.765. The SMILES string of the molecule is CC(CCc1cnn(C)c1)CNC1CCC1. The number of nitrogens with one attached hydrogen (secondary N) is 1. The Morgan fingerprint density at radius 1 is 1.56 bits per heavy atom. The lowest BCUT2D eigenvalue weighted by Gasteiger charge is -2.28. The van der Waals surface area contributed by atoms with Gasteiger partial charge in [-0.2, -0.15) is 5.10 Å². The molecule has 90 valence electrons. The third-order valence-corrected chi connectivity index (χ3v) is 3.54. The fourth-order valence-corrected chi connectivity index (χ4v) is 2.10. The van der Waals surface area contributed by atoms with Crippen LogP contribution in [0.4, 0.5) is 0 Å². The van der Waals surface area contributed by atoms with Gasteiger partial charge < -0.3 is 5.32 Å². The molecular formula is C13H23N3. The van der Waals surface area contributed by atoms with E-state index in [0.717, 1.165) is 18.4 Å². The second-order valence-electron chi connectivity index (χ2n) is 5.20. The van der Waals surface area contributed by atoms with Crippen LogP contribution in [0.25, 0.3) is 0 Å². The molecule has 1 atom stereocenters. The molecule has 0 aromatic carbocycles. The van der Waals surface area contributed by atoms with E-state index >= 15 is 0 Å². The quantitative estimate of drug-likeness (QED) is 0.797. The van der Waals surface area contributed by atoms with Crippen LogP contribution in [0.5, 0.6) is 0 Å². The summed E-state index contributed by atoms with van der Waals surface area (Å²) in [5.74, 6) is 0.765. The van der Waals surface area contributed by atoms with Gasteiger partial charge in [0.05, 0.1) is 6.20 Å². The molecule has 1 heterocycles. The van der Waals surface area contributed by atoms with Gasteiger partial charge in [-0.05, 0) is 43.7 Å². The summed E-state index contributed by atoms with van der Waals surface area (Å²) in [6.07, 6.45) is 10.7. The zero-order chi connectivity index (χ0) is 11.4. The van der Waals surface area contributed by atoms with Crippen LogP contribution in [0.3, 0.4) is 0 Å². The number of nitrogens with zero attached hydrogens (tertiary/aromatic N) is 2. The molecule has 0 radical (unpaired) electrons. The topological polar surface area (TPSA) is 29.9 Å². The average Bonchev–Trinajstić information content (AvgIpc) is 2.59. The molecule has 0 aliphatic heterocycles. The molecule has 1 aromatic heterocycles. The van der Waals surface area contributed by atoms with Gasteiger partial charge >= 0.3 is 0 Å². The first-order valence-electron chi connectivity index (χ1n) is 6.45. The first kappa shape index (κ1) is 11.6. The van der Waals surface area contributed by atoms with Crippen molar-refractivity contribution in [1.29, 1.82) is 0 Å². The molecule has 0 spiro atoms. The lowest BCUT2D eigenvalue weighted by molar-refractivity contribution is 0.317. The Bertz CT molecular complexity index is 315. The Kier molecular flexibility index (Phi) is 3.99. The lowest BCUT2D eigenvalue weighted by Crippen LogP contribution is -2.37. The predicted molar refractivity (Wildman–Crippen MR) is 66.3 cm³/mol. The maximum Gasteiger partial charge on any atom is 0.0521 e. The molecule has 1 fully saturated rings. The Morgan fingerprint density at radius 3 is 2.94 bits per heavy atom. The van der Waals surface area contributed by atoms with Crippen LogP contribution in [0.2, 0.25) is 0 Å². The smallest absolute Gasteiger partial charge is 0.0521 e. The molecule has 1 aromatic rings. The molecule has 16 heavy (non-hydrogen) atoms. The molecular weight excluding hydrogens is 198 g/mol. The fraction of sp³-hybridized carbons (Fsp3) is 0.769. The first-order valence-corrected chi connectivity index (χ1v) is 6.45. The van der Waals surface area contributed by atoms with Crippen LogP contribution in [0.1, 0.15) is 38.2 Å². The fourth-order valence-electron chi connectivity index (χ4n) is 2.10. The maximum absolute atomic E-state index is 4.19. The number of aryl methyl sites for hydroxylation is 2. The third-order valence-electron chi connectivity index (χ3n) is 3.54. The summed E-state index contributed by atoms with van der Waals surface area (Å²) in [7, 11) is 1.98. The molecule has 3 heteroatoms. The summed E-state index contributed by atoms with van der Waals surface area (Å²) >= 11 is 0. The van der Waals surface area contributed by atoms with Crippen molar-refractivity contribution in [2.24, 2.45) is 13.0 Å². The number of rotatable bonds is 6. The Labute approximate surface area is 98.2 Å². The molecule has 1 N–H and O–H groups in total. The molecule has 0 bridgehead atoms. The van der Waals surface area contributed by atoms with E-state index in [2.05, 4.69) is 23.5 Å². The summed E-state index contributed by atoms with van der Waals surface area (Å²) in [6.45, 7) is 3.51. The van der Waals surface area contributed by atoms with Gasteiger partial charge in [0.15, 0.2) is 0 Å². The van der Waals surface area contributed by atoms with Crippen molar-refractivity contribution in [3.8, 4) is 0 Å². The van der Waals surface area contributed by atoms with Crippen LogP contribution in [-0.2, 0) is 13.5 Å². The summed E-state index contributed by atoms with van der Waals surface area (Å²) in [5, 5.41) is 7.83. The second-order valence-corrected chi connectivity index (χ2v) is 5.20. The van der Waals surface area contributed by atoms with Gasteiger partial charge in [0, 0.05) is 19.3 Å². The van der Waals surface area contributed by atoms with Crippen molar-refractivity contribution < 1.29 is 0 Å². The molecule has 0 saturated heterocycles. The molecule has 2 rings (SSSR count). The van der Waals surface area contributed by atoms with Crippen molar-refractivity contribution in [3.63, 3.8) is 0 Å². The normalized spacial score (nSPS) is 18.4. The van der Waals surface area contributed by atoms with E-state index in [-0.39, 0.29) is 0 Å². The predicted octanol–water partition coefficient (Wildman–Crippen LogP) is 2.13. The van der Waals surface area contributed by atoms with Crippen LogP contribution in [0.15, 0.2) is 12.4 Å². The van der Waals surface area contributed by atoms with E-state index < -0.39 is 0 Å². The van der Waals surface area contributed by atoms with Crippen molar-refractivity contribution in [1.82, 2.24) is 15.1 Å². The lowest BCUT2D eigenvalue weighted by atomic mass is 9.92. The van der Waals surface area contributed by atoms with Crippen molar-refractivity contribution in [2.45, 2.75) is 45.1 Å². The van der Waals surface area contributed by atoms with Gasteiger partial charge in [-0.1, -0.05) is 13.3 Å². The van der Waals surface area contributed by atoms with Crippen LogP contribution in [-0.4, -0.2) is 22.4 Å². The minimum Gasteiger partial charge on any atom is -0.314 e. The highest BCUT2D eigenvalue weighted by atomic mass is 15.2. The zero-order valence-electron chi connectivity index (χ0n) is 10.4. The Hall–Kier alpha value is -0.830. The highest BCUT2D eigenvalue weighted by Gasteiger charge is 2.17. The molecule has 1 saturated carbocycles.